The van der Waals surface area contributed by atoms with Crippen LogP contribution in [0, 0.1) is 6.92 Å². The van der Waals surface area contributed by atoms with Gasteiger partial charge in [-0.05, 0) is 55.3 Å². The first-order chi connectivity index (χ1) is 19.1. The first-order valence-electron chi connectivity index (χ1n) is 12.1. The van der Waals surface area contributed by atoms with Gasteiger partial charge in [-0.1, -0.05) is 24.3 Å². The number of methoxy groups -OCH3 is 1. The minimum absolute atomic E-state index is 0.0137. The quantitative estimate of drug-likeness (QED) is 0.116. The van der Waals surface area contributed by atoms with E-state index < -0.39 is 17.7 Å². The van der Waals surface area contributed by atoms with E-state index in [0.717, 1.165) is 22.7 Å². The maximum atomic E-state index is 13.1. The second-order valence-corrected chi connectivity index (χ2v) is 8.43. The Labute approximate surface area is 228 Å². The highest BCUT2D eigenvalue weighted by molar-refractivity contribution is 6.03. The van der Waals surface area contributed by atoms with Crippen molar-refractivity contribution in [1.82, 2.24) is 15.3 Å². The summed E-state index contributed by atoms with van der Waals surface area (Å²) in [7, 11) is 1.56. The summed E-state index contributed by atoms with van der Waals surface area (Å²) in [4.78, 5) is 41.9. The maximum absolute atomic E-state index is 13.1. The molecule has 2 amide bonds. The second-order valence-electron chi connectivity index (χ2n) is 8.43. The molecule has 0 radical (unpaired) electrons. The number of hydrazine groups is 1. The fraction of sp³-hybridized carbons (Fsp3) is 0.259. The molecule has 1 heterocycles. The van der Waals surface area contributed by atoms with Gasteiger partial charge in [0.2, 0.25) is 12.3 Å². The minimum Gasteiger partial charge on any atom is -0.406 e. The number of carbonyl (C=O) groups excluding carboxylic acids is 2. The number of aromatic nitrogens is 1. The lowest BCUT2D eigenvalue weighted by Gasteiger charge is -2.22. The molecule has 13 heteroatoms. The van der Waals surface area contributed by atoms with E-state index in [-0.39, 0.29) is 29.7 Å². The third kappa shape index (κ3) is 8.70. The largest absolute Gasteiger partial charge is 0.573 e. The number of amides is 2. The Bertz CT molecular complexity index is 1390. The lowest BCUT2D eigenvalue weighted by atomic mass is 10.1. The van der Waals surface area contributed by atoms with Gasteiger partial charge in [-0.2, -0.15) is 0 Å². The molecule has 0 aliphatic heterocycles. The summed E-state index contributed by atoms with van der Waals surface area (Å²) in [5, 5.41) is 3.71. The molecule has 0 aliphatic rings. The van der Waals surface area contributed by atoms with Crippen LogP contribution < -0.4 is 26.0 Å². The molecule has 3 rings (SSSR count). The molecule has 0 saturated carbocycles. The zero-order valence-electron chi connectivity index (χ0n) is 21.8. The molecule has 10 nitrogen and oxygen atoms in total. The van der Waals surface area contributed by atoms with Gasteiger partial charge in [0.15, 0.2) is 5.84 Å². The Morgan fingerprint density at radius 1 is 1.10 bits per heavy atom. The zero-order valence-corrected chi connectivity index (χ0v) is 21.8. The topological polar surface area (TPSA) is 114 Å². The summed E-state index contributed by atoms with van der Waals surface area (Å²) in [6.45, 7) is 2.46. The van der Waals surface area contributed by atoms with Crippen LogP contribution in [0.1, 0.15) is 17.5 Å². The number of nitrogens with zero attached hydrogens (tertiary/aromatic N) is 3. The number of anilines is 1. The summed E-state index contributed by atoms with van der Waals surface area (Å²) >= 11 is 0. The summed E-state index contributed by atoms with van der Waals surface area (Å²) in [5.74, 6) is -0.705. The Kier molecular flexibility index (Phi) is 10.4. The molecule has 0 bridgehead atoms. The van der Waals surface area contributed by atoms with E-state index in [1.54, 1.807) is 44.4 Å². The SMILES string of the molecule is COCCCNC(=O)Cn1cccc(N=C(NN(C=O)c2ccc(OC(F)(F)F)cc2)c2ccccc2C)c1=O. The molecular formula is C27H28F3N5O5. The Hall–Kier alpha value is -4.65. The molecule has 0 atom stereocenters. The maximum Gasteiger partial charge on any atom is 0.573 e. The van der Waals surface area contributed by atoms with E-state index in [1.807, 2.05) is 0 Å². The predicted octanol–water partition coefficient (Wildman–Crippen LogP) is 3.45. The number of carbonyl (C=O) groups is 2. The van der Waals surface area contributed by atoms with Crippen LogP contribution in [0.3, 0.4) is 0 Å². The van der Waals surface area contributed by atoms with Gasteiger partial charge < -0.3 is 19.4 Å². The van der Waals surface area contributed by atoms with Crippen LogP contribution >= 0.6 is 0 Å². The lowest BCUT2D eigenvalue weighted by Crippen LogP contribution is -2.42. The molecule has 2 N–H and O–H groups in total. The van der Waals surface area contributed by atoms with Crippen LogP contribution in [0.25, 0.3) is 0 Å². The Morgan fingerprint density at radius 2 is 1.82 bits per heavy atom. The lowest BCUT2D eigenvalue weighted by molar-refractivity contribution is -0.274. The normalized spacial score (nSPS) is 11.6. The fourth-order valence-electron chi connectivity index (χ4n) is 3.57. The molecule has 3 aromatic rings. The first-order valence-corrected chi connectivity index (χ1v) is 12.1. The number of alkyl halides is 3. The van der Waals surface area contributed by atoms with Crippen molar-refractivity contribution in [3.05, 3.63) is 88.3 Å². The molecule has 0 aliphatic carbocycles. The van der Waals surface area contributed by atoms with E-state index in [0.29, 0.717) is 31.5 Å². The summed E-state index contributed by atoms with van der Waals surface area (Å²) in [6, 6.07) is 14.7. The van der Waals surface area contributed by atoms with Gasteiger partial charge in [0.25, 0.3) is 5.56 Å². The molecule has 0 fully saturated rings. The average Bonchev–Trinajstić information content (AvgIpc) is 2.91. The van der Waals surface area contributed by atoms with E-state index in [4.69, 9.17) is 4.74 Å². The van der Waals surface area contributed by atoms with Crippen molar-refractivity contribution in [3.63, 3.8) is 0 Å². The number of benzene rings is 2. The van der Waals surface area contributed by atoms with Crippen molar-refractivity contribution in [2.75, 3.05) is 25.3 Å². The number of hydrogen-bond acceptors (Lipinski definition) is 6. The number of amidine groups is 1. The number of aliphatic imine (C=N–C) groups is 1. The van der Waals surface area contributed by atoms with E-state index in [2.05, 4.69) is 20.5 Å². The predicted molar refractivity (Wildman–Crippen MR) is 142 cm³/mol. The standard InChI is InChI=1S/C27H28F3N5O5/c1-19-7-3-4-8-22(19)25(33-35(18-36)20-10-12-21(13-11-20)40-27(28,29)30)32-23-9-5-15-34(26(23)38)17-24(37)31-14-6-16-39-2/h3-5,7-13,15,18H,6,14,16-17H2,1-2H3,(H,31,37)(H,32,33). The van der Waals surface area contributed by atoms with Crippen molar-refractivity contribution in [2.24, 2.45) is 4.99 Å². The summed E-state index contributed by atoms with van der Waals surface area (Å²) in [5.41, 5.74) is 3.77. The van der Waals surface area contributed by atoms with Crippen LogP contribution in [-0.4, -0.2) is 49.3 Å². The molecule has 0 saturated heterocycles. The highest BCUT2D eigenvalue weighted by Gasteiger charge is 2.31. The molecule has 0 unspecified atom stereocenters. The van der Waals surface area contributed by atoms with Crippen LogP contribution in [0.4, 0.5) is 24.5 Å². The van der Waals surface area contributed by atoms with Crippen molar-refractivity contribution in [3.8, 4) is 5.75 Å². The fourth-order valence-corrected chi connectivity index (χ4v) is 3.57. The van der Waals surface area contributed by atoms with Gasteiger partial charge in [-0.25, -0.2) is 10.0 Å². The first kappa shape index (κ1) is 29.9. The molecule has 1 aromatic heterocycles. The van der Waals surface area contributed by atoms with Crippen molar-refractivity contribution >= 4 is 29.5 Å². The highest BCUT2D eigenvalue weighted by atomic mass is 19.4. The molecule has 212 valence electrons. The monoisotopic (exact) mass is 559 g/mol. The Balaban J connectivity index is 1.91. The third-order valence-corrected chi connectivity index (χ3v) is 5.47. The van der Waals surface area contributed by atoms with Gasteiger partial charge in [-0.3, -0.25) is 19.8 Å². The van der Waals surface area contributed by atoms with Crippen LogP contribution in [-0.2, 0) is 20.9 Å². The number of halogens is 3. The molecule has 0 spiro atoms. The Morgan fingerprint density at radius 3 is 2.48 bits per heavy atom. The van der Waals surface area contributed by atoms with E-state index >= 15 is 0 Å². The number of rotatable bonds is 12. The van der Waals surface area contributed by atoms with Gasteiger partial charge in [0, 0.05) is 32.0 Å². The van der Waals surface area contributed by atoms with Crippen molar-refractivity contribution in [1.29, 1.82) is 0 Å². The van der Waals surface area contributed by atoms with Gasteiger partial charge >= 0.3 is 6.36 Å². The third-order valence-electron chi connectivity index (χ3n) is 5.47. The molecular weight excluding hydrogens is 531 g/mol. The number of pyridine rings is 1. The minimum atomic E-state index is -4.86. The van der Waals surface area contributed by atoms with Gasteiger partial charge in [-0.15, -0.1) is 13.2 Å². The molecule has 2 aromatic carbocycles. The van der Waals surface area contributed by atoms with Crippen molar-refractivity contribution < 1.29 is 32.2 Å². The summed E-state index contributed by atoms with van der Waals surface area (Å²) < 4.78 is 47.6. The number of ether oxygens (including phenoxy) is 2. The van der Waals surface area contributed by atoms with Crippen LogP contribution in [0.2, 0.25) is 0 Å². The average molecular weight is 560 g/mol. The van der Waals surface area contributed by atoms with Crippen molar-refractivity contribution in [2.45, 2.75) is 26.3 Å². The van der Waals surface area contributed by atoms with Gasteiger partial charge in [0.05, 0.1) is 5.69 Å². The van der Waals surface area contributed by atoms with E-state index in [1.165, 1.54) is 29.0 Å². The summed E-state index contributed by atoms with van der Waals surface area (Å²) in [6.07, 6.45) is -2.37. The zero-order chi connectivity index (χ0) is 29.1. The molecule has 40 heavy (non-hydrogen) atoms. The van der Waals surface area contributed by atoms with E-state index in [9.17, 15) is 27.6 Å². The number of nitrogens with one attached hydrogen (secondary N) is 2. The van der Waals surface area contributed by atoms with Crippen LogP contribution in [0.5, 0.6) is 5.75 Å². The second kappa shape index (κ2) is 13.9. The van der Waals surface area contributed by atoms with Crippen LogP contribution in [0.15, 0.2) is 76.6 Å². The number of aryl methyl sites for hydroxylation is 1. The number of hydrogen-bond donors (Lipinski definition) is 2. The highest BCUT2D eigenvalue weighted by Crippen LogP contribution is 2.25. The smallest absolute Gasteiger partial charge is 0.406 e. The van der Waals surface area contributed by atoms with Gasteiger partial charge in [0.1, 0.15) is 18.0 Å².